The number of hydrogen-bond acceptors (Lipinski definition) is 3. The quantitative estimate of drug-likeness (QED) is 0.829. The smallest absolute Gasteiger partial charge is 0.227 e. The fraction of sp³-hybridized carbons (Fsp3) is 0.562. The molecule has 0 heterocycles. The summed E-state index contributed by atoms with van der Waals surface area (Å²) in [6.07, 6.45) is 8.04. The number of rotatable bonds is 3. The minimum Gasteiger partial charge on any atom is -0.495 e. The first kappa shape index (κ1) is 14.7. The molecule has 1 saturated carbocycles. The number of nitrogens with two attached hydrogens (primary N) is 1. The van der Waals surface area contributed by atoms with E-state index in [4.69, 9.17) is 10.5 Å². The first-order valence-corrected chi connectivity index (χ1v) is 7.45. The average Bonchev–Trinajstić information content (AvgIpc) is 2.38. The highest BCUT2D eigenvalue weighted by atomic mass is 16.5. The van der Waals surface area contributed by atoms with Crippen molar-refractivity contribution in [3.63, 3.8) is 0 Å². The number of benzene rings is 1. The molecule has 1 amide bonds. The Kier molecular flexibility index (Phi) is 5.27. The van der Waals surface area contributed by atoms with Crippen LogP contribution >= 0.6 is 0 Å². The number of carbonyl (C=O) groups is 1. The molecule has 1 aromatic carbocycles. The highest BCUT2D eigenvalue weighted by molar-refractivity contribution is 5.94. The normalized spacial score (nSPS) is 17.1. The van der Waals surface area contributed by atoms with Crippen molar-refractivity contribution in [3.8, 4) is 5.75 Å². The Morgan fingerprint density at radius 3 is 2.50 bits per heavy atom. The summed E-state index contributed by atoms with van der Waals surface area (Å²) in [6, 6.07) is 5.30. The number of carbonyl (C=O) groups excluding carboxylic acids is 1. The van der Waals surface area contributed by atoms with E-state index in [0.29, 0.717) is 17.1 Å². The van der Waals surface area contributed by atoms with E-state index in [1.165, 1.54) is 19.3 Å². The molecule has 0 unspecified atom stereocenters. The molecule has 0 atom stereocenters. The summed E-state index contributed by atoms with van der Waals surface area (Å²) in [4.78, 5) is 12.4. The second kappa shape index (κ2) is 7.17. The number of methoxy groups -OCH3 is 1. The molecule has 20 heavy (non-hydrogen) atoms. The van der Waals surface area contributed by atoms with E-state index >= 15 is 0 Å². The lowest BCUT2D eigenvalue weighted by Gasteiger charge is -2.20. The van der Waals surface area contributed by atoms with Crippen LogP contribution in [0.25, 0.3) is 0 Å². The van der Waals surface area contributed by atoms with E-state index in [1.807, 2.05) is 0 Å². The zero-order valence-corrected chi connectivity index (χ0v) is 12.2. The second-order valence-corrected chi connectivity index (χ2v) is 5.49. The van der Waals surface area contributed by atoms with Gasteiger partial charge in [-0.3, -0.25) is 4.79 Å². The van der Waals surface area contributed by atoms with Crippen LogP contribution in [0.3, 0.4) is 0 Å². The van der Waals surface area contributed by atoms with E-state index in [9.17, 15) is 4.79 Å². The van der Waals surface area contributed by atoms with Crippen LogP contribution in [0.2, 0.25) is 0 Å². The van der Waals surface area contributed by atoms with E-state index in [2.05, 4.69) is 5.32 Å². The van der Waals surface area contributed by atoms with Gasteiger partial charge in [-0.25, -0.2) is 0 Å². The minimum absolute atomic E-state index is 0.0933. The van der Waals surface area contributed by atoms with Crippen LogP contribution < -0.4 is 15.8 Å². The van der Waals surface area contributed by atoms with E-state index in [0.717, 1.165) is 25.7 Å². The second-order valence-electron chi connectivity index (χ2n) is 5.49. The topological polar surface area (TPSA) is 64.3 Å². The van der Waals surface area contributed by atoms with Crippen molar-refractivity contribution in [3.05, 3.63) is 18.2 Å². The van der Waals surface area contributed by atoms with Crippen LogP contribution in [-0.4, -0.2) is 13.0 Å². The highest BCUT2D eigenvalue weighted by Gasteiger charge is 2.20. The van der Waals surface area contributed by atoms with Gasteiger partial charge in [0.05, 0.1) is 12.8 Å². The molecule has 4 heteroatoms. The van der Waals surface area contributed by atoms with Crippen molar-refractivity contribution < 1.29 is 9.53 Å². The van der Waals surface area contributed by atoms with Crippen molar-refractivity contribution in [2.75, 3.05) is 18.2 Å². The number of anilines is 2. The lowest BCUT2D eigenvalue weighted by molar-refractivity contribution is -0.120. The fourth-order valence-corrected chi connectivity index (χ4v) is 2.78. The molecule has 1 fully saturated rings. The maximum absolute atomic E-state index is 12.4. The standard InChI is InChI=1S/C16H24N2O2/c1-20-15-10-9-13(17)11-14(15)18-16(19)12-7-5-3-2-4-6-8-12/h9-12H,2-8,17H2,1H3,(H,18,19). The van der Waals surface area contributed by atoms with Crippen LogP contribution in [0.1, 0.15) is 44.9 Å². The summed E-state index contributed by atoms with van der Waals surface area (Å²) in [5.74, 6) is 0.857. The number of hydrogen-bond donors (Lipinski definition) is 2. The molecule has 4 nitrogen and oxygen atoms in total. The molecule has 0 saturated heterocycles. The Balaban J connectivity index is 2.04. The monoisotopic (exact) mass is 276 g/mol. The van der Waals surface area contributed by atoms with E-state index in [1.54, 1.807) is 25.3 Å². The maximum Gasteiger partial charge on any atom is 0.227 e. The number of nitrogens with one attached hydrogen (secondary N) is 1. The predicted molar refractivity (Wildman–Crippen MR) is 81.8 cm³/mol. The van der Waals surface area contributed by atoms with Gasteiger partial charge < -0.3 is 15.8 Å². The lowest BCUT2D eigenvalue weighted by Crippen LogP contribution is -2.24. The highest BCUT2D eigenvalue weighted by Crippen LogP contribution is 2.29. The Morgan fingerprint density at radius 2 is 1.85 bits per heavy atom. The van der Waals surface area contributed by atoms with Gasteiger partial charge in [0.15, 0.2) is 0 Å². The number of amides is 1. The third-order valence-electron chi connectivity index (χ3n) is 3.96. The first-order valence-electron chi connectivity index (χ1n) is 7.45. The molecule has 1 aliphatic carbocycles. The Morgan fingerprint density at radius 1 is 1.20 bits per heavy atom. The van der Waals surface area contributed by atoms with Gasteiger partial charge in [-0.1, -0.05) is 32.1 Å². The van der Waals surface area contributed by atoms with Crippen molar-refractivity contribution in [2.45, 2.75) is 44.9 Å². The summed E-state index contributed by atoms with van der Waals surface area (Å²) >= 11 is 0. The van der Waals surface area contributed by atoms with Gasteiger partial charge in [0, 0.05) is 11.6 Å². The van der Waals surface area contributed by atoms with Crippen molar-refractivity contribution in [2.24, 2.45) is 5.92 Å². The van der Waals surface area contributed by atoms with Crippen molar-refractivity contribution >= 4 is 17.3 Å². The Bertz CT molecular complexity index is 452. The summed E-state index contributed by atoms with van der Waals surface area (Å²) in [5.41, 5.74) is 7.07. The summed E-state index contributed by atoms with van der Waals surface area (Å²) in [6.45, 7) is 0. The zero-order chi connectivity index (χ0) is 14.4. The van der Waals surface area contributed by atoms with Gasteiger partial charge >= 0.3 is 0 Å². The van der Waals surface area contributed by atoms with E-state index < -0.39 is 0 Å². The van der Waals surface area contributed by atoms with Crippen LogP contribution in [0.4, 0.5) is 11.4 Å². The molecular weight excluding hydrogens is 252 g/mol. The van der Waals surface area contributed by atoms with Gasteiger partial charge in [0.25, 0.3) is 0 Å². The third-order valence-corrected chi connectivity index (χ3v) is 3.96. The van der Waals surface area contributed by atoms with Crippen LogP contribution in [0.5, 0.6) is 5.75 Å². The minimum atomic E-state index is 0.0933. The van der Waals surface area contributed by atoms with Gasteiger partial charge in [-0.2, -0.15) is 0 Å². The predicted octanol–water partition coefficient (Wildman–Crippen LogP) is 3.58. The lowest BCUT2D eigenvalue weighted by atomic mass is 9.90. The van der Waals surface area contributed by atoms with Crippen molar-refractivity contribution in [1.82, 2.24) is 0 Å². The number of ether oxygens (including phenoxy) is 1. The van der Waals surface area contributed by atoms with Crippen LogP contribution in [-0.2, 0) is 4.79 Å². The molecule has 3 N–H and O–H groups in total. The largest absolute Gasteiger partial charge is 0.495 e. The van der Waals surface area contributed by atoms with Gasteiger partial charge in [-0.05, 0) is 31.0 Å². The van der Waals surface area contributed by atoms with Crippen LogP contribution in [0, 0.1) is 5.92 Å². The van der Waals surface area contributed by atoms with Crippen molar-refractivity contribution in [1.29, 1.82) is 0 Å². The molecule has 0 aliphatic heterocycles. The Labute approximate surface area is 120 Å². The fourth-order valence-electron chi connectivity index (χ4n) is 2.78. The Hall–Kier alpha value is -1.71. The molecule has 1 aliphatic rings. The van der Waals surface area contributed by atoms with Gasteiger partial charge in [0.1, 0.15) is 5.75 Å². The van der Waals surface area contributed by atoms with Gasteiger partial charge in [0.2, 0.25) is 5.91 Å². The maximum atomic E-state index is 12.4. The summed E-state index contributed by atoms with van der Waals surface area (Å²) in [7, 11) is 1.59. The molecule has 110 valence electrons. The number of nitrogen functional groups attached to an aromatic ring is 1. The SMILES string of the molecule is COc1ccc(N)cc1NC(=O)C1CCCCCCC1. The molecule has 0 spiro atoms. The zero-order valence-electron chi connectivity index (χ0n) is 12.2. The summed E-state index contributed by atoms with van der Waals surface area (Å²) < 4.78 is 5.26. The molecule has 0 bridgehead atoms. The molecule has 2 rings (SSSR count). The summed E-state index contributed by atoms with van der Waals surface area (Å²) in [5, 5.41) is 2.98. The van der Waals surface area contributed by atoms with Crippen LogP contribution in [0.15, 0.2) is 18.2 Å². The van der Waals surface area contributed by atoms with Gasteiger partial charge in [-0.15, -0.1) is 0 Å². The average molecular weight is 276 g/mol. The molecule has 0 aromatic heterocycles. The molecule has 1 aromatic rings. The molecular formula is C16H24N2O2. The first-order chi connectivity index (χ1) is 9.70. The van der Waals surface area contributed by atoms with E-state index in [-0.39, 0.29) is 11.8 Å². The third kappa shape index (κ3) is 3.89. The molecule has 0 radical (unpaired) electrons.